The van der Waals surface area contributed by atoms with E-state index in [1.165, 1.54) is 43.8 Å². The Morgan fingerprint density at radius 3 is 1.94 bits per heavy atom. The van der Waals surface area contributed by atoms with E-state index in [1.54, 1.807) is 0 Å². The molecule has 2 atom stereocenters. The smallest absolute Gasteiger partial charge is 0.137 e. The van der Waals surface area contributed by atoms with Gasteiger partial charge in [-0.3, -0.25) is 9.88 Å². The van der Waals surface area contributed by atoms with Crippen LogP contribution in [-0.4, -0.2) is 20.0 Å². The van der Waals surface area contributed by atoms with Gasteiger partial charge in [-0.1, -0.05) is 127 Å². The van der Waals surface area contributed by atoms with E-state index >= 15 is 0 Å². The number of nitrogens with one attached hydrogen (secondary N) is 2. The molecule has 0 bridgehead atoms. The lowest BCUT2D eigenvalue weighted by molar-refractivity contribution is 0.408. The van der Waals surface area contributed by atoms with Gasteiger partial charge in [-0.2, -0.15) is 0 Å². The second-order valence-electron chi connectivity index (χ2n) is 13.0. The molecule has 50 heavy (non-hydrogen) atoms. The normalized spacial score (nSPS) is 17.7. The maximum Gasteiger partial charge on any atom is 0.137 e. The highest BCUT2D eigenvalue weighted by molar-refractivity contribution is 6.24. The van der Waals surface area contributed by atoms with Crippen LogP contribution in [0.25, 0.3) is 55.1 Å². The molecule has 0 saturated carbocycles. The fourth-order valence-electron chi connectivity index (χ4n) is 7.79. The minimum atomic E-state index is -0.281. The van der Waals surface area contributed by atoms with Gasteiger partial charge in [0.05, 0.1) is 22.1 Å². The lowest BCUT2D eigenvalue weighted by Gasteiger charge is -2.32. The Labute approximate surface area is 289 Å². The fraction of sp³-hybridized carbons (Fsp3) is 0.0909. The first-order valence-electron chi connectivity index (χ1n) is 17.3. The minimum absolute atomic E-state index is 0.106. The first kappa shape index (κ1) is 28.7. The molecule has 8 aromatic rings. The number of aliphatic imine (C=N–C) groups is 1. The molecule has 0 spiro atoms. The number of pyridine rings is 1. The van der Waals surface area contributed by atoms with Gasteiger partial charge in [0.25, 0.3) is 0 Å². The number of allylic oxidation sites excluding steroid dienone is 4. The Morgan fingerprint density at radius 1 is 0.600 bits per heavy atom. The van der Waals surface area contributed by atoms with Crippen molar-refractivity contribution in [2.75, 3.05) is 0 Å². The van der Waals surface area contributed by atoms with E-state index in [1.807, 2.05) is 30.5 Å². The molecule has 0 fully saturated rings. The predicted octanol–water partition coefficient (Wildman–Crippen LogP) is 9.81. The molecule has 10 rings (SSSR count). The molecule has 0 amide bonds. The lowest BCUT2D eigenvalue weighted by atomic mass is 10.1. The highest BCUT2D eigenvalue weighted by Crippen LogP contribution is 2.42. The molecule has 3 aromatic heterocycles. The van der Waals surface area contributed by atoms with Gasteiger partial charge in [-0.15, -0.1) is 0 Å². The number of hydrogen-bond donors (Lipinski definition) is 2. The third-order valence-corrected chi connectivity index (χ3v) is 10.1. The third kappa shape index (κ3) is 4.60. The van der Waals surface area contributed by atoms with E-state index in [-0.39, 0.29) is 12.3 Å². The van der Waals surface area contributed by atoms with Crippen LogP contribution in [0.15, 0.2) is 163 Å². The van der Waals surface area contributed by atoms with Gasteiger partial charge in [0.2, 0.25) is 0 Å². The predicted molar refractivity (Wildman–Crippen MR) is 205 cm³/mol. The third-order valence-electron chi connectivity index (χ3n) is 10.1. The van der Waals surface area contributed by atoms with Crippen LogP contribution < -0.4 is 10.6 Å². The van der Waals surface area contributed by atoms with Gasteiger partial charge in [-0.05, 0) is 42.7 Å². The van der Waals surface area contributed by atoms with Crippen LogP contribution in [0.5, 0.6) is 0 Å². The fourth-order valence-corrected chi connectivity index (χ4v) is 7.79. The van der Waals surface area contributed by atoms with E-state index in [4.69, 9.17) is 9.98 Å². The molecule has 6 heteroatoms. The van der Waals surface area contributed by atoms with Crippen LogP contribution >= 0.6 is 0 Å². The monoisotopic (exact) mass is 646 g/mol. The van der Waals surface area contributed by atoms with Crippen LogP contribution in [0, 0.1) is 0 Å². The van der Waals surface area contributed by atoms with Crippen LogP contribution in [0.3, 0.4) is 0 Å². The summed E-state index contributed by atoms with van der Waals surface area (Å²) in [6, 6.07) is 47.2. The van der Waals surface area contributed by atoms with Crippen molar-refractivity contribution >= 4 is 55.1 Å². The first-order chi connectivity index (χ1) is 24.8. The number of fused-ring (bicyclic) bond motifs is 7. The molecule has 0 saturated heterocycles. The Bertz CT molecular complexity index is 2640. The summed E-state index contributed by atoms with van der Waals surface area (Å²) in [5.41, 5.74) is 9.27. The molecule has 2 N–H and O–H groups in total. The minimum Gasteiger partial charge on any atom is -0.350 e. The van der Waals surface area contributed by atoms with Crippen LogP contribution in [-0.2, 0) is 0 Å². The summed E-state index contributed by atoms with van der Waals surface area (Å²) in [7, 11) is 0. The molecule has 4 heterocycles. The van der Waals surface area contributed by atoms with Crippen molar-refractivity contribution in [2.24, 2.45) is 4.99 Å². The van der Waals surface area contributed by atoms with Crippen molar-refractivity contribution in [3.63, 3.8) is 0 Å². The number of rotatable bonds is 5. The maximum atomic E-state index is 5.19. The topological polar surface area (TPSA) is 59.2 Å². The van der Waals surface area contributed by atoms with Crippen molar-refractivity contribution < 1.29 is 0 Å². The zero-order valence-corrected chi connectivity index (χ0v) is 27.4. The summed E-state index contributed by atoms with van der Waals surface area (Å²) >= 11 is 0. The molecule has 0 radical (unpaired) electrons. The van der Waals surface area contributed by atoms with Crippen LogP contribution in [0.1, 0.15) is 41.9 Å². The van der Waals surface area contributed by atoms with Crippen molar-refractivity contribution in [2.45, 2.75) is 25.2 Å². The SMILES string of the molecule is C1=CCCC(n2c3ccccc3c3ccc4c5ccccc5n(-c5ccc(C6N=C(c7ccccc7)NC(c7ccccc7)N6)cn5)c4c32)=C1. The molecule has 6 nitrogen and oxygen atoms in total. The molecule has 2 aliphatic rings. The molecule has 1 aliphatic heterocycles. The summed E-state index contributed by atoms with van der Waals surface area (Å²) in [6.07, 6.45) is 10.3. The number of para-hydroxylation sites is 2. The summed E-state index contributed by atoms with van der Waals surface area (Å²) in [5.74, 6) is 1.74. The molecule has 2 unspecified atom stereocenters. The standard InChI is InChI=1S/C44H34N6/c1-4-14-29(15-5-1)42-46-43(30-16-6-2-7-17-30)48-44(47-42)31-24-27-39(45-28-31)50-38-23-13-11-21-34(38)36-26-25-35-33-20-10-12-22-37(33)49(40(35)41(36)50)32-18-8-3-9-19-32/h1-8,10-18,20-28,42,44,47H,9,19H2,(H,46,48). The number of benzene rings is 5. The van der Waals surface area contributed by atoms with Crippen molar-refractivity contribution in [3.05, 3.63) is 175 Å². The Morgan fingerprint density at radius 2 is 1.26 bits per heavy atom. The summed E-state index contributed by atoms with van der Waals surface area (Å²) in [6.45, 7) is 0. The zero-order chi connectivity index (χ0) is 33.0. The highest BCUT2D eigenvalue weighted by Gasteiger charge is 2.26. The van der Waals surface area contributed by atoms with E-state index in [9.17, 15) is 0 Å². The number of amidine groups is 1. The molecule has 240 valence electrons. The quantitative estimate of drug-likeness (QED) is 0.196. The average Bonchev–Trinajstić information content (AvgIpc) is 3.72. The van der Waals surface area contributed by atoms with E-state index in [0.717, 1.165) is 46.7 Å². The van der Waals surface area contributed by atoms with Gasteiger partial charge in [0.15, 0.2) is 0 Å². The van der Waals surface area contributed by atoms with Gasteiger partial charge in [0.1, 0.15) is 24.0 Å². The second-order valence-corrected chi connectivity index (χ2v) is 13.0. The average molecular weight is 647 g/mol. The lowest BCUT2D eigenvalue weighted by Crippen LogP contribution is -2.44. The van der Waals surface area contributed by atoms with Gasteiger partial charge >= 0.3 is 0 Å². The van der Waals surface area contributed by atoms with Crippen LogP contribution in [0.4, 0.5) is 0 Å². The largest absolute Gasteiger partial charge is 0.350 e. The molecular formula is C44H34N6. The zero-order valence-electron chi connectivity index (χ0n) is 27.4. The van der Waals surface area contributed by atoms with Gasteiger partial charge in [0, 0.05) is 44.6 Å². The summed E-state index contributed by atoms with van der Waals surface area (Å²) < 4.78 is 4.84. The van der Waals surface area contributed by atoms with E-state index in [2.05, 4.69) is 147 Å². The first-order valence-corrected chi connectivity index (χ1v) is 17.3. The maximum absolute atomic E-state index is 5.19. The molecular weight excluding hydrogens is 613 g/mol. The number of hydrogen-bond acceptors (Lipinski definition) is 4. The van der Waals surface area contributed by atoms with Crippen molar-refractivity contribution in [3.8, 4) is 5.82 Å². The van der Waals surface area contributed by atoms with Crippen molar-refractivity contribution in [1.82, 2.24) is 24.8 Å². The summed E-state index contributed by atoms with van der Waals surface area (Å²) in [4.78, 5) is 10.3. The highest BCUT2D eigenvalue weighted by atomic mass is 15.3. The van der Waals surface area contributed by atoms with Crippen molar-refractivity contribution in [1.29, 1.82) is 0 Å². The molecule has 5 aromatic carbocycles. The van der Waals surface area contributed by atoms with E-state index < -0.39 is 0 Å². The van der Waals surface area contributed by atoms with E-state index in [0.29, 0.717) is 0 Å². The molecule has 1 aliphatic carbocycles. The number of nitrogens with zero attached hydrogens (tertiary/aromatic N) is 4. The summed E-state index contributed by atoms with van der Waals surface area (Å²) in [5, 5.41) is 12.3. The van der Waals surface area contributed by atoms with Gasteiger partial charge < -0.3 is 9.88 Å². The Kier molecular flexibility index (Phi) is 6.74. The Hall–Kier alpha value is -6.24. The second kappa shape index (κ2) is 11.7. The van der Waals surface area contributed by atoms with Gasteiger partial charge in [-0.25, -0.2) is 9.98 Å². The number of aromatic nitrogens is 3. The Balaban J connectivity index is 1.16. The van der Waals surface area contributed by atoms with Crippen LogP contribution in [0.2, 0.25) is 0 Å².